The van der Waals surface area contributed by atoms with Gasteiger partial charge in [-0.15, -0.1) is 5.54 Å². The predicted octanol–water partition coefficient (Wildman–Crippen LogP) is 3.98. The van der Waals surface area contributed by atoms with E-state index in [9.17, 15) is 5.11 Å². The van der Waals surface area contributed by atoms with Crippen LogP contribution in [0.15, 0.2) is 0 Å². The highest BCUT2D eigenvalue weighted by Crippen LogP contribution is 2.26. The number of aliphatic hydroxyl groups excluding tert-OH is 1. The largest absolute Gasteiger partial charge is 0.380 e. The zero-order valence-electron chi connectivity index (χ0n) is 11.8. The van der Waals surface area contributed by atoms with E-state index >= 15 is 0 Å². The Hall–Kier alpha value is -0.263. The highest BCUT2D eigenvalue weighted by atomic mass is 28.3. The smallest absolute Gasteiger partial charge is 0.137 e. The molecule has 0 aromatic rings. The van der Waals surface area contributed by atoms with Crippen molar-refractivity contribution in [1.29, 1.82) is 0 Å². The van der Waals surface area contributed by atoms with Gasteiger partial charge in [0.25, 0.3) is 0 Å². The first-order valence-electron chi connectivity index (χ1n) is 7.38. The second-order valence-corrected chi connectivity index (χ2v) is 10.4. The Balaban J connectivity index is 2.62. The number of rotatable bonds is 4. The lowest BCUT2D eigenvalue weighted by molar-refractivity contribution is 0.133. The Kier molecular flexibility index (Phi) is 6.30. The molecule has 17 heavy (non-hydrogen) atoms. The molecule has 0 amide bonds. The van der Waals surface area contributed by atoms with Gasteiger partial charge in [0.2, 0.25) is 0 Å². The highest BCUT2D eigenvalue weighted by Gasteiger charge is 2.25. The number of hydrogen-bond acceptors (Lipinski definition) is 1. The van der Waals surface area contributed by atoms with Crippen LogP contribution in [0.2, 0.25) is 18.1 Å². The van der Waals surface area contributed by atoms with E-state index < -0.39 is 8.07 Å². The molecule has 0 spiro atoms. The van der Waals surface area contributed by atoms with Crippen LogP contribution in [0.3, 0.4) is 0 Å². The molecule has 1 fully saturated rings. The lowest BCUT2D eigenvalue weighted by atomic mass is 9.85. The quantitative estimate of drug-likeness (QED) is 0.593. The van der Waals surface area contributed by atoms with Gasteiger partial charge in [-0.05, 0) is 36.9 Å². The van der Waals surface area contributed by atoms with Gasteiger partial charge in [0.1, 0.15) is 14.2 Å². The SMILES string of the molecule is CC[Si](C#C[C@@H](O)C1CCCCC1)(CC)CC. The van der Waals surface area contributed by atoms with E-state index in [4.69, 9.17) is 0 Å². The summed E-state index contributed by atoms with van der Waals surface area (Å²) in [4.78, 5) is 0. The summed E-state index contributed by atoms with van der Waals surface area (Å²) in [6.45, 7) is 6.79. The van der Waals surface area contributed by atoms with Gasteiger partial charge >= 0.3 is 0 Å². The lowest BCUT2D eigenvalue weighted by Crippen LogP contribution is -2.30. The third kappa shape index (κ3) is 4.15. The molecule has 0 saturated heterocycles. The van der Waals surface area contributed by atoms with Gasteiger partial charge in [-0.3, -0.25) is 0 Å². The molecule has 0 unspecified atom stereocenters. The molecule has 0 heterocycles. The molecular formula is C15H28OSi. The minimum atomic E-state index is -1.36. The lowest BCUT2D eigenvalue weighted by Gasteiger charge is -2.24. The van der Waals surface area contributed by atoms with Crippen molar-refractivity contribution in [2.75, 3.05) is 0 Å². The van der Waals surface area contributed by atoms with Crippen LogP contribution in [0.4, 0.5) is 0 Å². The normalized spacial score (nSPS) is 19.5. The summed E-state index contributed by atoms with van der Waals surface area (Å²) in [6, 6.07) is 3.68. The molecule has 1 atom stereocenters. The second-order valence-electron chi connectivity index (χ2n) is 5.45. The van der Waals surface area contributed by atoms with E-state index in [0.717, 1.165) is 0 Å². The van der Waals surface area contributed by atoms with Crippen molar-refractivity contribution >= 4 is 8.07 Å². The average molecular weight is 252 g/mol. The van der Waals surface area contributed by atoms with Crippen molar-refractivity contribution in [2.45, 2.75) is 77.1 Å². The van der Waals surface area contributed by atoms with Crippen LogP contribution in [0.5, 0.6) is 0 Å². The van der Waals surface area contributed by atoms with Gasteiger partial charge in [-0.2, -0.15) is 0 Å². The summed E-state index contributed by atoms with van der Waals surface area (Å²) >= 11 is 0. The Morgan fingerprint density at radius 2 is 1.59 bits per heavy atom. The zero-order valence-corrected chi connectivity index (χ0v) is 12.8. The van der Waals surface area contributed by atoms with E-state index in [2.05, 4.69) is 32.2 Å². The number of hydrogen-bond donors (Lipinski definition) is 1. The first-order chi connectivity index (χ1) is 8.17. The van der Waals surface area contributed by atoms with Crippen LogP contribution in [-0.4, -0.2) is 19.3 Å². The molecule has 2 heteroatoms. The second kappa shape index (κ2) is 7.23. The Morgan fingerprint density at radius 3 is 2.06 bits per heavy atom. The van der Waals surface area contributed by atoms with Crippen molar-refractivity contribution in [3.63, 3.8) is 0 Å². The van der Waals surface area contributed by atoms with Gasteiger partial charge in [0, 0.05) is 0 Å². The van der Waals surface area contributed by atoms with Gasteiger partial charge in [0.05, 0.1) is 0 Å². The van der Waals surface area contributed by atoms with E-state index in [1.165, 1.54) is 50.2 Å². The van der Waals surface area contributed by atoms with Crippen molar-refractivity contribution in [1.82, 2.24) is 0 Å². The predicted molar refractivity (Wildman–Crippen MR) is 77.6 cm³/mol. The molecule has 0 aliphatic heterocycles. The summed E-state index contributed by atoms with van der Waals surface area (Å²) < 4.78 is 0. The van der Waals surface area contributed by atoms with Crippen LogP contribution in [0.1, 0.15) is 52.9 Å². The summed E-state index contributed by atoms with van der Waals surface area (Å²) in [7, 11) is -1.36. The summed E-state index contributed by atoms with van der Waals surface area (Å²) in [5, 5.41) is 10.2. The number of aliphatic hydroxyl groups is 1. The molecule has 98 valence electrons. The molecule has 1 saturated carbocycles. The van der Waals surface area contributed by atoms with Crippen molar-refractivity contribution in [2.24, 2.45) is 5.92 Å². The molecule has 0 aromatic heterocycles. The van der Waals surface area contributed by atoms with Crippen LogP contribution >= 0.6 is 0 Å². The van der Waals surface area contributed by atoms with Crippen molar-refractivity contribution in [3.8, 4) is 11.5 Å². The summed E-state index contributed by atoms with van der Waals surface area (Å²) in [5.41, 5.74) is 3.52. The molecule has 0 bridgehead atoms. The van der Waals surface area contributed by atoms with Gasteiger partial charge < -0.3 is 5.11 Å². The Morgan fingerprint density at radius 1 is 1.06 bits per heavy atom. The fourth-order valence-corrected chi connectivity index (χ4v) is 5.29. The van der Waals surface area contributed by atoms with Gasteiger partial charge in [-0.1, -0.05) is 46.0 Å². The average Bonchev–Trinajstić information content (AvgIpc) is 2.41. The fourth-order valence-electron chi connectivity index (χ4n) is 2.81. The van der Waals surface area contributed by atoms with Crippen LogP contribution in [-0.2, 0) is 0 Å². The minimum Gasteiger partial charge on any atom is -0.380 e. The molecule has 1 N–H and O–H groups in total. The van der Waals surface area contributed by atoms with E-state index in [1.807, 2.05) is 0 Å². The Bertz CT molecular complexity index is 258. The minimum absolute atomic E-state index is 0.355. The van der Waals surface area contributed by atoms with E-state index in [1.54, 1.807) is 0 Å². The molecule has 1 aliphatic carbocycles. The fraction of sp³-hybridized carbons (Fsp3) is 0.867. The summed E-state index contributed by atoms with van der Waals surface area (Å²) in [5.74, 6) is 3.67. The summed E-state index contributed by atoms with van der Waals surface area (Å²) in [6.07, 6.45) is 5.90. The Labute approximate surface area is 108 Å². The standard InChI is InChI=1S/C15H28OSi/c1-4-17(5-2,6-3)13-12-15(16)14-10-8-7-9-11-14/h14-16H,4-11H2,1-3H3/t15-/m1/s1. The third-order valence-corrected chi connectivity index (χ3v) is 9.35. The first kappa shape index (κ1) is 14.8. The molecule has 1 aliphatic rings. The molecule has 0 aromatic carbocycles. The third-order valence-electron chi connectivity index (χ3n) is 4.61. The van der Waals surface area contributed by atoms with E-state index in [-0.39, 0.29) is 6.10 Å². The van der Waals surface area contributed by atoms with E-state index in [0.29, 0.717) is 5.92 Å². The molecule has 1 rings (SSSR count). The van der Waals surface area contributed by atoms with Gasteiger partial charge in [0.15, 0.2) is 0 Å². The molecule has 1 nitrogen and oxygen atoms in total. The zero-order chi connectivity index (χ0) is 12.7. The van der Waals surface area contributed by atoms with Crippen LogP contribution in [0.25, 0.3) is 0 Å². The first-order valence-corrected chi connectivity index (χ1v) is 10.0. The monoisotopic (exact) mass is 252 g/mol. The van der Waals surface area contributed by atoms with Crippen LogP contribution in [0, 0.1) is 17.4 Å². The molecule has 0 radical (unpaired) electrons. The van der Waals surface area contributed by atoms with Gasteiger partial charge in [-0.25, -0.2) is 0 Å². The maximum Gasteiger partial charge on any atom is 0.137 e. The topological polar surface area (TPSA) is 20.2 Å². The van der Waals surface area contributed by atoms with Crippen molar-refractivity contribution < 1.29 is 5.11 Å². The molecular weight excluding hydrogens is 224 g/mol. The maximum absolute atomic E-state index is 10.2. The van der Waals surface area contributed by atoms with Crippen molar-refractivity contribution in [3.05, 3.63) is 0 Å². The maximum atomic E-state index is 10.2. The van der Waals surface area contributed by atoms with Crippen LogP contribution < -0.4 is 0 Å². The highest BCUT2D eigenvalue weighted by molar-refractivity contribution is 6.87.